The van der Waals surface area contributed by atoms with Crippen LogP contribution in [0.5, 0.6) is 0 Å². The lowest BCUT2D eigenvalue weighted by atomic mass is 10.3. The van der Waals surface area contributed by atoms with Crippen molar-refractivity contribution in [2.75, 3.05) is 38.1 Å². The fourth-order valence-electron chi connectivity index (χ4n) is 3.43. The second kappa shape index (κ2) is 9.90. The average Bonchev–Trinajstić information content (AvgIpc) is 3.29. The predicted molar refractivity (Wildman–Crippen MR) is 116 cm³/mol. The largest absolute Gasteiger partial charge is 0.375 e. The van der Waals surface area contributed by atoms with Crippen molar-refractivity contribution in [3.05, 3.63) is 59.0 Å². The quantitative estimate of drug-likeness (QED) is 0.603. The van der Waals surface area contributed by atoms with E-state index in [1.807, 2.05) is 37.4 Å². The second-order valence-electron chi connectivity index (χ2n) is 7.40. The number of sulfonamides is 1. The molecule has 9 heteroatoms. The van der Waals surface area contributed by atoms with E-state index in [0.717, 1.165) is 36.1 Å². The molecule has 162 valence electrons. The number of carbonyl (C=O) groups is 1. The number of amides is 1. The van der Waals surface area contributed by atoms with Crippen molar-refractivity contribution >= 4 is 21.6 Å². The highest BCUT2D eigenvalue weighted by molar-refractivity contribution is 7.89. The minimum atomic E-state index is -3.63. The zero-order valence-electron chi connectivity index (χ0n) is 17.2. The molecule has 2 aromatic rings. The smallest absolute Gasteiger partial charge is 0.251 e. The number of hydrogen-bond donors (Lipinski definition) is 1. The summed E-state index contributed by atoms with van der Waals surface area (Å²) in [6, 6.07) is 12.5. The molecule has 1 amide bonds. The van der Waals surface area contributed by atoms with E-state index < -0.39 is 15.6 Å². The highest BCUT2D eigenvalue weighted by Crippen LogP contribution is 2.19. The van der Waals surface area contributed by atoms with Crippen LogP contribution in [-0.4, -0.2) is 56.4 Å². The van der Waals surface area contributed by atoms with Gasteiger partial charge in [-0.15, -0.1) is 0 Å². The fourth-order valence-corrected chi connectivity index (χ4v) is 4.97. The van der Waals surface area contributed by atoms with Gasteiger partial charge in [0.2, 0.25) is 15.9 Å². The van der Waals surface area contributed by atoms with E-state index in [-0.39, 0.29) is 17.3 Å². The van der Waals surface area contributed by atoms with Gasteiger partial charge in [0.1, 0.15) is 6.54 Å². The van der Waals surface area contributed by atoms with E-state index in [0.29, 0.717) is 19.6 Å². The van der Waals surface area contributed by atoms with Crippen molar-refractivity contribution in [3.63, 3.8) is 0 Å². The summed E-state index contributed by atoms with van der Waals surface area (Å²) in [6.45, 7) is 2.00. The highest BCUT2D eigenvalue weighted by Gasteiger charge is 2.27. The zero-order valence-corrected chi connectivity index (χ0v) is 18.0. The number of pyridine rings is 1. The van der Waals surface area contributed by atoms with E-state index in [2.05, 4.69) is 10.2 Å². The lowest BCUT2D eigenvalue weighted by Crippen LogP contribution is -2.34. The van der Waals surface area contributed by atoms with Crippen LogP contribution in [0.4, 0.5) is 5.69 Å². The number of para-hydroxylation sites is 1. The van der Waals surface area contributed by atoms with Crippen LogP contribution in [0.1, 0.15) is 19.3 Å². The third-order valence-corrected chi connectivity index (χ3v) is 7.04. The van der Waals surface area contributed by atoms with Gasteiger partial charge in [0, 0.05) is 51.2 Å². The molecule has 1 N–H and O–H groups in total. The van der Waals surface area contributed by atoms with Crippen molar-refractivity contribution in [1.29, 1.82) is 0 Å². The molecular weight excluding hydrogens is 404 g/mol. The van der Waals surface area contributed by atoms with Gasteiger partial charge < -0.3 is 14.8 Å². The van der Waals surface area contributed by atoms with Gasteiger partial charge in [0.05, 0.1) is 4.90 Å². The molecule has 30 heavy (non-hydrogen) atoms. The molecule has 1 saturated heterocycles. The number of nitrogens with one attached hydrogen (secondary N) is 1. The van der Waals surface area contributed by atoms with Crippen LogP contribution in [0, 0.1) is 0 Å². The maximum atomic E-state index is 12.7. The summed E-state index contributed by atoms with van der Waals surface area (Å²) in [5.41, 5.74) is 0.695. The molecule has 2 heterocycles. The van der Waals surface area contributed by atoms with Gasteiger partial charge in [-0.3, -0.25) is 9.59 Å². The van der Waals surface area contributed by atoms with Crippen molar-refractivity contribution in [1.82, 2.24) is 14.2 Å². The van der Waals surface area contributed by atoms with E-state index in [1.165, 1.54) is 22.6 Å². The van der Waals surface area contributed by atoms with Crippen molar-refractivity contribution in [3.8, 4) is 0 Å². The summed E-state index contributed by atoms with van der Waals surface area (Å²) in [6.07, 6.45) is 3.68. The Bertz CT molecular complexity index is 1010. The minimum absolute atomic E-state index is 0.0429. The van der Waals surface area contributed by atoms with Gasteiger partial charge in [-0.25, -0.2) is 8.42 Å². The van der Waals surface area contributed by atoms with Crippen LogP contribution in [-0.2, 0) is 21.4 Å². The number of aromatic nitrogens is 1. The molecule has 0 spiro atoms. The molecule has 1 aromatic heterocycles. The first-order valence-corrected chi connectivity index (χ1v) is 11.6. The monoisotopic (exact) mass is 432 g/mol. The van der Waals surface area contributed by atoms with Gasteiger partial charge in [0.25, 0.3) is 5.56 Å². The molecule has 0 bridgehead atoms. The minimum Gasteiger partial charge on any atom is -0.375 e. The number of anilines is 1. The Hall–Kier alpha value is -2.65. The van der Waals surface area contributed by atoms with Crippen LogP contribution in [0.2, 0.25) is 0 Å². The molecule has 3 rings (SSSR count). The molecule has 1 aliphatic rings. The Morgan fingerprint density at radius 3 is 2.50 bits per heavy atom. The second-order valence-corrected chi connectivity index (χ2v) is 9.34. The van der Waals surface area contributed by atoms with Crippen molar-refractivity contribution < 1.29 is 13.2 Å². The molecule has 0 unspecified atom stereocenters. The van der Waals surface area contributed by atoms with Crippen LogP contribution in [0.15, 0.2) is 58.4 Å². The van der Waals surface area contributed by atoms with Crippen LogP contribution >= 0.6 is 0 Å². The Kier molecular flexibility index (Phi) is 7.28. The molecule has 1 aliphatic heterocycles. The van der Waals surface area contributed by atoms with E-state index in [9.17, 15) is 18.0 Å². The Morgan fingerprint density at radius 1 is 1.10 bits per heavy atom. The van der Waals surface area contributed by atoms with Crippen LogP contribution in [0.25, 0.3) is 0 Å². The number of nitrogens with zero attached hydrogens (tertiary/aromatic N) is 3. The summed E-state index contributed by atoms with van der Waals surface area (Å²) in [4.78, 5) is 26.5. The lowest BCUT2D eigenvalue weighted by molar-refractivity contribution is -0.121. The molecular formula is C21H28N4O4S. The average molecular weight is 433 g/mol. The number of hydrogen-bond acceptors (Lipinski definition) is 5. The predicted octanol–water partition coefficient (Wildman–Crippen LogP) is 1.28. The molecule has 0 radical (unpaired) electrons. The van der Waals surface area contributed by atoms with Gasteiger partial charge in [-0.1, -0.05) is 18.2 Å². The number of rotatable bonds is 9. The molecule has 0 aliphatic carbocycles. The topological polar surface area (TPSA) is 91.7 Å². The fraction of sp³-hybridized carbons (Fsp3) is 0.429. The van der Waals surface area contributed by atoms with Crippen molar-refractivity contribution in [2.24, 2.45) is 0 Å². The zero-order chi connectivity index (χ0) is 21.6. The summed E-state index contributed by atoms with van der Waals surface area (Å²) >= 11 is 0. The first kappa shape index (κ1) is 22.0. The Balaban J connectivity index is 1.53. The Labute approximate surface area is 177 Å². The third kappa shape index (κ3) is 5.48. The number of benzene rings is 1. The summed E-state index contributed by atoms with van der Waals surface area (Å²) in [5.74, 6) is -0.324. The Morgan fingerprint density at radius 2 is 1.80 bits per heavy atom. The highest BCUT2D eigenvalue weighted by atomic mass is 32.2. The van der Waals surface area contributed by atoms with Gasteiger partial charge in [0.15, 0.2) is 0 Å². The molecule has 8 nitrogen and oxygen atoms in total. The summed E-state index contributed by atoms with van der Waals surface area (Å²) in [5, 5.41) is 2.79. The van der Waals surface area contributed by atoms with E-state index in [4.69, 9.17) is 0 Å². The van der Waals surface area contributed by atoms with Crippen LogP contribution in [0.3, 0.4) is 0 Å². The van der Waals surface area contributed by atoms with Crippen LogP contribution < -0.4 is 15.8 Å². The number of carbonyl (C=O) groups excluding carboxylic acids is 1. The van der Waals surface area contributed by atoms with Gasteiger partial charge >= 0.3 is 0 Å². The molecule has 0 saturated carbocycles. The lowest BCUT2D eigenvalue weighted by Gasteiger charge is -2.19. The third-order valence-electron chi connectivity index (χ3n) is 5.16. The molecule has 0 atom stereocenters. The first-order chi connectivity index (χ1) is 14.4. The van der Waals surface area contributed by atoms with Crippen molar-refractivity contribution in [2.45, 2.75) is 30.7 Å². The molecule has 1 aromatic carbocycles. The maximum Gasteiger partial charge on any atom is 0.251 e. The van der Waals surface area contributed by atoms with Gasteiger partial charge in [-0.05, 0) is 37.5 Å². The van der Waals surface area contributed by atoms with E-state index in [1.54, 1.807) is 0 Å². The SMILES string of the molecule is CN(CCCNC(=O)Cn1cc(S(=O)(=O)N2CCCC2)ccc1=O)c1ccccc1. The maximum absolute atomic E-state index is 12.7. The standard InChI is InChI=1S/C21H28N4O4S/c1-23(18-8-3-2-4-9-18)13-7-12-22-20(26)17-24-16-19(10-11-21(24)27)30(28,29)25-14-5-6-15-25/h2-4,8-11,16H,5-7,12-15,17H2,1H3,(H,22,26). The summed E-state index contributed by atoms with van der Waals surface area (Å²) < 4.78 is 27.9. The van der Waals surface area contributed by atoms with Gasteiger partial charge in [-0.2, -0.15) is 4.31 Å². The first-order valence-electron chi connectivity index (χ1n) is 10.1. The molecule has 1 fully saturated rings. The normalized spacial score (nSPS) is 14.6. The van der Waals surface area contributed by atoms with E-state index >= 15 is 0 Å². The summed E-state index contributed by atoms with van der Waals surface area (Å²) in [7, 11) is -1.65.